The fraction of sp³-hybridized carbons (Fsp3) is 0.647. The molecule has 0 radical (unpaired) electrons. The van der Waals surface area contributed by atoms with Crippen LogP contribution in [0.5, 0.6) is 5.75 Å². The summed E-state index contributed by atoms with van der Waals surface area (Å²) in [5.41, 5.74) is 1.19. The van der Waals surface area contributed by atoms with Crippen LogP contribution in [0.2, 0.25) is 0 Å². The largest absolute Gasteiger partial charge is 0.492 e. The molecule has 1 rings (SSSR count). The first kappa shape index (κ1) is 19.0. The van der Waals surface area contributed by atoms with Crippen LogP contribution in [0.4, 0.5) is 0 Å². The summed E-state index contributed by atoms with van der Waals surface area (Å²) >= 11 is 7.13. The van der Waals surface area contributed by atoms with E-state index in [1.54, 1.807) is 0 Å². The maximum Gasteiger partial charge on any atom is 0.138 e. The number of benzene rings is 1. The average Bonchev–Trinajstić information content (AvgIpc) is 2.39. The zero-order valence-electron chi connectivity index (χ0n) is 13.5. The first-order valence-electron chi connectivity index (χ1n) is 7.78. The Morgan fingerprint density at radius 2 is 1.86 bits per heavy atom. The van der Waals surface area contributed by atoms with Crippen LogP contribution < -0.4 is 10.1 Å². The second kappa shape index (κ2) is 9.86. The molecule has 0 fully saturated rings. The molecule has 0 aliphatic carbocycles. The van der Waals surface area contributed by atoms with Crippen molar-refractivity contribution in [2.75, 3.05) is 6.61 Å². The Hall–Kier alpha value is -0.0600. The highest BCUT2D eigenvalue weighted by molar-refractivity contribution is 9.11. The SMILES string of the molecule is CCOc1c(Br)cc(Br)cc1CNC(C)CCCC(C)C. The first-order chi connectivity index (χ1) is 9.93. The number of halogens is 2. The molecule has 1 unspecified atom stereocenters. The molecule has 1 N–H and O–H groups in total. The van der Waals surface area contributed by atoms with Gasteiger partial charge in [-0.25, -0.2) is 0 Å². The van der Waals surface area contributed by atoms with E-state index in [1.807, 2.05) is 13.0 Å². The van der Waals surface area contributed by atoms with Crippen LogP contribution in [0.1, 0.15) is 52.5 Å². The normalized spacial score (nSPS) is 12.7. The average molecular weight is 421 g/mol. The zero-order valence-corrected chi connectivity index (χ0v) is 16.7. The summed E-state index contributed by atoms with van der Waals surface area (Å²) < 4.78 is 7.83. The van der Waals surface area contributed by atoms with E-state index >= 15 is 0 Å². The van der Waals surface area contributed by atoms with Gasteiger partial charge in [0.25, 0.3) is 0 Å². The maximum absolute atomic E-state index is 5.76. The third-order valence-corrected chi connectivity index (χ3v) is 4.48. The van der Waals surface area contributed by atoms with Gasteiger partial charge >= 0.3 is 0 Å². The van der Waals surface area contributed by atoms with Gasteiger partial charge in [0.2, 0.25) is 0 Å². The minimum absolute atomic E-state index is 0.524. The predicted molar refractivity (Wildman–Crippen MR) is 98.0 cm³/mol. The molecular formula is C17H27Br2NO. The van der Waals surface area contributed by atoms with Crippen molar-refractivity contribution in [2.45, 2.75) is 59.5 Å². The lowest BCUT2D eigenvalue weighted by atomic mass is 10.0. The van der Waals surface area contributed by atoms with E-state index in [1.165, 1.54) is 24.8 Å². The van der Waals surface area contributed by atoms with Crippen molar-refractivity contribution in [3.05, 3.63) is 26.6 Å². The molecule has 1 atom stereocenters. The summed E-state index contributed by atoms with van der Waals surface area (Å²) in [7, 11) is 0. The summed E-state index contributed by atoms with van der Waals surface area (Å²) in [4.78, 5) is 0. The van der Waals surface area contributed by atoms with E-state index in [0.29, 0.717) is 12.6 Å². The molecule has 0 bridgehead atoms. The van der Waals surface area contributed by atoms with Crippen LogP contribution in [0.25, 0.3) is 0 Å². The van der Waals surface area contributed by atoms with Gasteiger partial charge in [-0.15, -0.1) is 0 Å². The summed E-state index contributed by atoms with van der Waals surface area (Å²) in [5, 5.41) is 3.60. The van der Waals surface area contributed by atoms with Gasteiger partial charge in [0.15, 0.2) is 0 Å². The number of rotatable bonds is 9. The van der Waals surface area contributed by atoms with Crippen molar-refractivity contribution in [3.63, 3.8) is 0 Å². The lowest BCUT2D eigenvalue weighted by Gasteiger charge is -2.17. The lowest BCUT2D eigenvalue weighted by Crippen LogP contribution is -2.25. The summed E-state index contributed by atoms with van der Waals surface area (Å²) in [6, 6.07) is 4.68. The Balaban J connectivity index is 2.57. The molecule has 0 aliphatic heterocycles. The molecule has 2 nitrogen and oxygen atoms in total. The van der Waals surface area contributed by atoms with Gasteiger partial charge in [-0.2, -0.15) is 0 Å². The van der Waals surface area contributed by atoms with Crippen LogP contribution in [0.3, 0.4) is 0 Å². The van der Waals surface area contributed by atoms with Crippen molar-refractivity contribution in [1.29, 1.82) is 0 Å². The van der Waals surface area contributed by atoms with Crippen LogP contribution >= 0.6 is 31.9 Å². The summed E-state index contributed by atoms with van der Waals surface area (Å²) in [6.45, 7) is 10.3. The Morgan fingerprint density at radius 1 is 1.14 bits per heavy atom. The minimum Gasteiger partial charge on any atom is -0.492 e. The molecule has 0 saturated carbocycles. The van der Waals surface area contributed by atoms with E-state index in [2.05, 4.69) is 64.0 Å². The van der Waals surface area contributed by atoms with Gasteiger partial charge in [-0.05, 0) is 54.2 Å². The van der Waals surface area contributed by atoms with Crippen LogP contribution in [0, 0.1) is 5.92 Å². The molecule has 4 heteroatoms. The standard InChI is InChI=1S/C17H27Br2NO/c1-5-21-17-14(9-15(18)10-16(17)19)11-20-13(4)8-6-7-12(2)3/h9-10,12-13,20H,5-8,11H2,1-4H3. The van der Waals surface area contributed by atoms with Gasteiger partial charge in [0.1, 0.15) is 5.75 Å². The van der Waals surface area contributed by atoms with Crippen molar-refractivity contribution >= 4 is 31.9 Å². The van der Waals surface area contributed by atoms with E-state index in [9.17, 15) is 0 Å². The molecule has 0 saturated heterocycles. The molecule has 0 aromatic heterocycles. The molecule has 0 aliphatic rings. The van der Waals surface area contributed by atoms with Crippen molar-refractivity contribution < 1.29 is 4.74 Å². The molecule has 1 aromatic rings. The second-order valence-electron chi connectivity index (χ2n) is 5.92. The highest BCUT2D eigenvalue weighted by atomic mass is 79.9. The van der Waals surface area contributed by atoms with Crippen LogP contribution in [-0.2, 0) is 6.54 Å². The minimum atomic E-state index is 0.524. The lowest BCUT2D eigenvalue weighted by molar-refractivity contribution is 0.332. The zero-order chi connectivity index (χ0) is 15.8. The highest BCUT2D eigenvalue weighted by Crippen LogP contribution is 2.33. The third kappa shape index (κ3) is 7.16. The Morgan fingerprint density at radius 3 is 2.48 bits per heavy atom. The van der Waals surface area contributed by atoms with E-state index < -0.39 is 0 Å². The molecule has 0 amide bonds. The smallest absolute Gasteiger partial charge is 0.138 e. The third-order valence-electron chi connectivity index (χ3n) is 3.43. The highest BCUT2D eigenvalue weighted by Gasteiger charge is 2.11. The molecule has 1 aromatic carbocycles. The fourth-order valence-corrected chi connectivity index (χ4v) is 3.70. The molecule has 120 valence electrons. The predicted octanol–water partition coefficient (Wildman–Crippen LogP) is 5.91. The Labute approximate surface area is 146 Å². The number of ether oxygens (including phenoxy) is 1. The van der Waals surface area contributed by atoms with Gasteiger partial charge < -0.3 is 10.1 Å². The fourth-order valence-electron chi connectivity index (χ4n) is 2.27. The van der Waals surface area contributed by atoms with Crippen molar-refractivity contribution in [2.24, 2.45) is 5.92 Å². The summed E-state index contributed by atoms with van der Waals surface area (Å²) in [6.07, 6.45) is 3.81. The maximum atomic E-state index is 5.76. The molecule has 21 heavy (non-hydrogen) atoms. The van der Waals surface area contributed by atoms with Gasteiger partial charge in [0, 0.05) is 22.6 Å². The van der Waals surface area contributed by atoms with E-state index in [0.717, 1.165) is 27.2 Å². The van der Waals surface area contributed by atoms with E-state index in [-0.39, 0.29) is 0 Å². The first-order valence-corrected chi connectivity index (χ1v) is 9.36. The quantitative estimate of drug-likeness (QED) is 0.535. The number of hydrogen-bond donors (Lipinski definition) is 1. The number of hydrogen-bond acceptors (Lipinski definition) is 2. The molecule has 0 heterocycles. The van der Waals surface area contributed by atoms with Gasteiger partial charge in [0.05, 0.1) is 11.1 Å². The van der Waals surface area contributed by atoms with Gasteiger partial charge in [-0.1, -0.05) is 42.6 Å². The van der Waals surface area contributed by atoms with Crippen molar-refractivity contribution in [1.82, 2.24) is 5.32 Å². The van der Waals surface area contributed by atoms with Crippen LogP contribution in [0.15, 0.2) is 21.1 Å². The van der Waals surface area contributed by atoms with Crippen LogP contribution in [-0.4, -0.2) is 12.6 Å². The monoisotopic (exact) mass is 419 g/mol. The topological polar surface area (TPSA) is 21.3 Å². The van der Waals surface area contributed by atoms with Gasteiger partial charge in [-0.3, -0.25) is 0 Å². The molecular weight excluding hydrogens is 394 g/mol. The Kier molecular flexibility index (Phi) is 8.91. The second-order valence-corrected chi connectivity index (χ2v) is 7.69. The van der Waals surface area contributed by atoms with E-state index in [4.69, 9.17) is 4.74 Å². The van der Waals surface area contributed by atoms with Crippen molar-refractivity contribution in [3.8, 4) is 5.75 Å². The number of nitrogens with one attached hydrogen (secondary N) is 1. The summed E-state index contributed by atoms with van der Waals surface area (Å²) in [5.74, 6) is 1.74. The molecule has 0 spiro atoms. The Bertz CT molecular complexity index is 435.